The van der Waals surface area contributed by atoms with Gasteiger partial charge in [0.25, 0.3) is 5.91 Å². The Kier molecular flexibility index (Phi) is 5.36. The van der Waals surface area contributed by atoms with Crippen molar-refractivity contribution in [2.24, 2.45) is 0 Å². The fourth-order valence-corrected chi connectivity index (χ4v) is 3.01. The van der Waals surface area contributed by atoms with E-state index in [0.717, 1.165) is 18.7 Å². The molecule has 24 heavy (non-hydrogen) atoms. The third-order valence-electron chi connectivity index (χ3n) is 4.29. The second-order valence-electron chi connectivity index (χ2n) is 5.97. The molecule has 0 unspecified atom stereocenters. The van der Waals surface area contributed by atoms with Gasteiger partial charge in [-0.2, -0.15) is 0 Å². The Morgan fingerprint density at radius 3 is 2.50 bits per heavy atom. The van der Waals surface area contributed by atoms with Crippen LogP contribution in [0, 0.1) is 0 Å². The van der Waals surface area contributed by atoms with Crippen LogP contribution in [0.4, 0.5) is 5.69 Å². The van der Waals surface area contributed by atoms with E-state index in [4.69, 9.17) is 4.74 Å². The summed E-state index contributed by atoms with van der Waals surface area (Å²) in [7, 11) is 0. The van der Waals surface area contributed by atoms with Gasteiger partial charge in [-0.3, -0.25) is 4.79 Å². The number of para-hydroxylation sites is 1. The van der Waals surface area contributed by atoms with Crippen LogP contribution in [0.2, 0.25) is 0 Å². The smallest absolute Gasteiger partial charge is 0.255 e. The maximum atomic E-state index is 12.4. The zero-order valence-corrected chi connectivity index (χ0v) is 14.1. The summed E-state index contributed by atoms with van der Waals surface area (Å²) in [5.74, 6) is 0.518. The molecule has 1 N–H and O–H groups in total. The Balaban J connectivity index is 1.60. The van der Waals surface area contributed by atoms with E-state index in [1.54, 1.807) is 6.07 Å². The summed E-state index contributed by atoms with van der Waals surface area (Å²) in [6.07, 6.45) is 2.55. The molecule has 0 bridgehead atoms. The molecule has 0 saturated carbocycles. The molecule has 2 aromatic rings. The van der Waals surface area contributed by atoms with Crippen molar-refractivity contribution in [3.8, 4) is 5.75 Å². The van der Waals surface area contributed by atoms with Crippen LogP contribution in [0.5, 0.6) is 5.75 Å². The van der Waals surface area contributed by atoms with E-state index in [1.807, 2.05) is 25.1 Å². The molecule has 3 rings (SSSR count). The molecular weight excluding hydrogens is 300 g/mol. The van der Waals surface area contributed by atoms with Crippen molar-refractivity contribution in [1.29, 1.82) is 0 Å². The van der Waals surface area contributed by atoms with E-state index in [-0.39, 0.29) is 5.91 Å². The standard InChI is InChI=1S/C20H24N2O2/c1-2-24-19-8-4-3-7-18(19)20(23)21-15-16-9-11-17(12-10-16)22-13-5-6-14-22/h3-4,7-12H,2,5-6,13-15H2,1H3,(H,21,23). The number of carbonyl (C=O) groups excluding carboxylic acids is 1. The molecule has 126 valence electrons. The van der Waals surface area contributed by atoms with Crippen LogP contribution >= 0.6 is 0 Å². The number of hydrogen-bond acceptors (Lipinski definition) is 3. The highest BCUT2D eigenvalue weighted by Crippen LogP contribution is 2.21. The third kappa shape index (κ3) is 3.88. The minimum atomic E-state index is -0.109. The molecule has 4 nitrogen and oxygen atoms in total. The topological polar surface area (TPSA) is 41.6 Å². The maximum absolute atomic E-state index is 12.4. The van der Waals surface area contributed by atoms with E-state index in [0.29, 0.717) is 24.5 Å². The number of hydrogen-bond donors (Lipinski definition) is 1. The minimum Gasteiger partial charge on any atom is -0.493 e. The molecule has 4 heteroatoms. The predicted molar refractivity (Wildman–Crippen MR) is 96.7 cm³/mol. The van der Waals surface area contributed by atoms with Crippen molar-refractivity contribution in [2.75, 3.05) is 24.6 Å². The highest BCUT2D eigenvalue weighted by molar-refractivity contribution is 5.96. The van der Waals surface area contributed by atoms with Gasteiger partial charge in [0.1, 0.15) is 5.75 Å². The van der Waals surface area contributed by atoms with E-state index in [1.165, 1.54) is 18.5 Å². The average Bonchev–Trinajstić information content (AvgIpc) is 3.15. The van der Waals surface area contributed by atoms with Gasteiger partial charge in [-0.25, -0.2) is 0 Å². The Hall–Kier alpha value is -2.49. The first-order valence-corrected chi connectivity index (χ1v) is 8.62. The van der Waals surface area contributed by atoms with Gasteiger partial charge in [-0.05, 0) is 49.6 Å². The van der Waals surface area contributed by atoms with E-state index < -0.39 is 0 Å². The highest BCUT2D eigenvalue weighted by Gasteiger charge is 2.13. The second kappa shape index (κ2) is 7.86. The lowest BCUT2D eigenvalue weighted by molar-refractivity contribution is 0.0947. The van der Waals surface area contributed by atoms with Crippen LogP contribution in [-0.2, 0) is 6.54 Å². The lowest BCUT2D eigenvalue weighted by Gasteiger charge is -2.17. The fraction of sp³-hybridized carbons (Fsp3) is 0.350. The summed E-state index contributed by atoms with van der Waals surface area (Å²) >= 11 is 0. The van der Waals surface area contributed by atoms with Gasteiger partial charge in [0, 0.05) is 25.3 Å². The van der Waals surface area contributed by atoms with Crippen LogP contribution in [0.3, 0.4) is 0 Å². The predicted octanol–water partition coefficient (Wildman–Crippen LogP) is 3.62. The molecule has 0 radical (unpaired) electrons. The van der Waals surface area contributed by atoms with Crippen LogP contribution in [-0.4, -0.2) is 25.6 Å². The zero-order valence-electron chi connectivity index (χ0n) is 14.1. The number of ether oxygens (including phenoxy) is 1. The van der Waals surface area contributed by atoms with Gasteiger partial charge in [-0.1, -0.05) is 24.3 Å². The van der Waals surface area contributed by atoms with Crippen molar-refractivity contribution in [1.82, 2.24) is 5.32 Å². The number of nitrogens with one attached hydrogen (secondary N) is 1. The van der Waals surface area contributed by atoms with Crippen molar-refractivity contribution >= 4 is 11.6 Å². The summed E-state index contributed by atoms with van der Waals surface area (Å²) in [6, 6.07) is 15.8. The van der Waals surface area contributed by atoms with E-state index in [9.17, 15) is 4.79 Å². The lowest BCUT2D eigenvalue weighted by atomic mass is 10.1. The summed E-state index contributed by atoms with van der Waals surface area (Å²) in [4.78, 5) is 14.8. The molecule has 1 aliphatic heterocycles. The normalized spacial score (nSPS) is 13.8. The van der Waals surface area contributed by atoms with Gasteiger partial charge >= 0.3 is 0 Å². The molecule has 1 amide bonds. The van der Waals surface area contributed by atoms with Gasteiger partial charge in [0.05, 0.1) is 12.2 Å². The van der Waals surface area contributed by atoms with Crippen LogP contribution in [0.1, 0.15) is 35.7 Å². The monoisotopic (exact) mass is 324 g/mol. The summed E-state index contributed by atoms with van der Waals surface area (Å²) in [5.41, 5.74) is 2.94. The van der Waals surface area contributed by atoms with Crippen molar-refractivity contribution in [2.45, 2.75) is 26.3 Å². The molecule has 1 aliphatic rings. The SMILES string of the molecule is CCOc1ccccc1C(=O)NCc1ccc(N2CCCC2)cc1. The molecular formula is C20H24N2O2. The van der Waals surface area contributed by atoms with Gasteiger partial charge < -0.3 is 15.0 Å². The van der Waals surface area contributed by atoms with Gasteiger partial charge in [-0.15, -0.1) is 0 Å². The number of nitrogens with zero attached hydrogens (tertiary/aromatic N) is 1. The number of benzene rings is 2. The Morgan fingerprint density at radius 2 is 1.79 bits per heavy atom. The van der Waals surface area contributed by atoms with Crippen LogP contribution in [0.25, 0.3) is 0 Å². The molecule has 1 fully saturated rings. The van der Waals surface area contributed by atoms with Crippen LogP contribution in [0.15, 0.2) is 48.5 Å². The lowest BCUT2D eigenvalue weighted by Crippen LogP contribution is -2.23. The Morgan fingerprint density at radius 1 is 1.08 bits per heavy atom. The minimum absolute atomic E-state index is 0.109. The third-order valence-corrected chi connectivity index (χ3v) is 4.29. The number of carbonyl (C=O) groups is 1. The molecule has 0 aromatic heterocycles. The summed E-state index contributed by atoms with van der Waals surface area (Å²) < 4.78 is 5.52. The number of rotatable bonds is 6. The summed E-state index contributed by atoms with van der Waals surface area (Å²) in [6.45, 7) is 5.26. The average molecular weight is 324 g/mol. The molecule has 0 aliphatic carbocycles. The molecule has 0 atom stereocenters. The summed E-state index contributed by atoms with van der Waals surface area (Å²) in [5, 5.41) is 2.97. The van der Waals surface area contributed by atoms with E-state index in [2.05, 4.69) is 34.5 Å². The first-order valence-electron chi connectivity index (χ1n) is 8.62. The molecule has 1 saturated heterocycles. The quantitative estimate of drug-likeness (QED) is 0.882. The van der Waals surface area contributed by atoms with Crippen LogP contribution < -0.4 is 15.0 Å². The largest absolute Gasteiger partial charge is 0.493 e. The highest BCUT2D eigenvalue weighted by atomic mass is 16.5. The molecule has 1 heterocycles. The zero-order chi connectivity index (χ0) is 16.8. The first kappa shape index (κ1) is 16.4. The Bertz CT molecular complexity index is 676. The Labute approximate surface area is 143 Å². The fourth-order valence-electron chi connectivity index (χ4n) is 3.01. The van der Waals surface area contributed by atoms with Gasteiger partial charge in [0.15, 0.2) is 0 Å². The molecule has 2 aromatic carbocycles. The van der Waals surface area contributed by atoms with E-state index >= 15 is 0 Å². The number of amides is 1. The number of anilines is 1. The van der Waals surface area contributed by atoms with Gasteiger partial charge in [0.2, 0.25) is 0 Å². The first-order chi connectivity index (χ1) is 11.8. The molecule has 0 spiro atoms. The van der Waals surface area contributed by atoms with Crippen molar-refractivity contribution in [3.05, 3.63) is 59.7 Å². The van der Waals surface area contributed by atoms with Crippen molar-refractivity contribution < 1.29 is 9.53 Å². The van der Waals surface area contributed by atoms with Crippen molar-refractivity contribution in [3.63, 3.8) is 0 Å². The maximum Gasteiger partial charge on any atom is 0.255 e. The second-order valence-corrected chi connectivity index (χ2v) is 5.97.